The Morgan fingerprint density at radius 1 is 1.06 bits per heavy atom. The van der Waals surface area contributed by atoms with Gasteiger partial charge in [-0.1, -0.05) is 45.0 Å². The second-order valence-corrected chi connectivity index (χ2v) is 9.12. The Bertz CT molecular complexity index is 1250. The molecule has 0 saturated heterocycles. The lowest BCUT2D eigenvalue weighted by molar-refractivity contribution is 0.1000. The summed E-state index contributed by atoms with van der Waals surface area (Å²) < 4.78 is 5.84. The molecule has 1 unspecified atom stereocenters. The molecule has 0 bridgehead atoms. The van der Waals surface area contributed by atoms with Crippen molar-refractivity contribution in [1.82, 2.24) is 14.9 Å². The SMILES string of the molecule is CC(C)(C)C1C(c2ncc(C(N)=O)c(-c3ccc(Oc4ccccc4)cc3)n2)=CCN1C(=O)O. The summed E-state index contributed by atoms with van der Waals surface area (Å²) in [6, 6.07) is 16.1. The Kier molecular flexibility index (Phi) is 6.06. The van der Waals surface area contributed by atoms with Gasteiger partial charge in [0.15, 0.2) is 5.82 Å². The molecule has 34 heavy (non-hydrogen) atoms. The molecule has 1 atom stereocenters. The van der Waals surface area contributed by atoms with Crippen LogP contribution in [0.1, 0.15) is 37.0 Å². The number of carboxylic acid groups (broad SMARTS) is 1. The lowest BCUT2D eigenvalue weighted by Crippen LogP contribution is -2.44. The van der Waals surface area contributed by atoms with Crippen molar-refractivity contribution >= 4 is 17.6 Å². The third kappa shape index (κ3) is 4.61. The molecule has 1 aromatic heterocycles. The lowest BCUT2D eigenvalue weighted by atomic mass is 9.82. The Morgan fingerprint density at radius 2 is 1.71 bits per heavy atom. The van der Waals surface area contributed by atoms with Crippen LogP contribution in [0.4, 0.5) is 4.79 Å². The topological polar surface area (TPSA) is 119 Å². The summed E-state index contributed by atoms with van der Waals surface area (Å²) in [6.07, 6.45) is 2.22. The maximum Gasteiger partial charge on any atom is 0.408 e. The zero-order chi connectivity index (χ0) is 24.5. The van der Waals surface area contributed by atoms with Crippen molar-refractivity contribution in [3.63, 3.8) is 0 Å². The molecule has 2 aromatic carbocycles. The van der Waals surface area contributed by atoms with Crippen molar-refractivity contribution in [3.05, 3.63) is 78.3 Å². The van der Waals surface area contributed by atoms with Gasteiger partial charge in [0.05, 0.1) is 17.3 Å². The van der Waals surface area contributed by atoms with E-state index in [1.807, 2.05) is 57.2 Å². The van der Waals surface area contributed by atoms with Gasteiger partial charge >= 0.3 is 6.09 Å². The van der Waals surface area contributed by atoms with Gasteiger partial charge in [-0.3, -0.25) is 9.69 Å². The summed E-state index contributed by atoms with van der Waals surface area (Å²) in [7, 11) is 0. The number of rotatable bonds is 5. The minimum absolute atomic E-state index is 0.182. The van der Waals surface area contributed by atoms with Gasteiger partial charge in [-0.05, 0) is 41.8 Å². The number of benzene rings is 2. The molecule has 0 radical (unpaired) electrons. The number of nitrogens with zero attached hydrogens (tertiary/aromatic N) is 3. The predicted molar refractivity (Wildman–Crippen MR) is 128 cm³/mol. The Morgan fingerprint density at radius 3 is 2.29 bits per heavy atom. The van der Waals surface area contributed by atoms with Crippen LogP contribution in [-0.2, 0) is 0 Å². The molecule has 0 aliphatic carbocycles. The van der Waals surface area contributed by atoms with Crippen molar-refractivity contribution in [2.75, 3.05) is 6.54 Å². The fraction of sp³-hybridized carbons (Fsp3) is 0.231. The molecule has 3 aromatic rings. The van der Waals surface area contributed by atoms with Crippen molar-refractivity contribution < 1.29 is 19.4 Å². The second-order valence-electron chi connectivity index (χ2n) is 9.12. The molecule has 174 valence electrons. The second kappa shape index (κ2) is 8.97. The van der Waals surface area contributed by atoms with E-state index in [0.717, 1.165) is 0 Å². The maximum absolute atomic E-state index is 12.1. The van der Waals surface area contributed by atoms with E-state index in [9.17, 15) is 14.7 Å². The summed E-state index contributed by atoms with van der Waals surface area (Å²) >= 11 is 0. The average Bonchev–Trinajstić information content (AvgIpc) is 3.26. The highest BCUT2D eigenvalue weighted by molar-refractivity contribution is 5.98. The van der Waals surface area contributed by atoms with Gasteiger partial charge in [0, 0.05) is 23.9 Å². The molecule has 0 spiro atoms. The molecule has 1 aliphatic heterocycles. The molecule has 3 N–H and O–H groups in total. The minimum atomic E-state index is -1.01. The van der Waals surface area contributed by atoms with Gasteiger partial charge in [-0.25, -0.2) is 14.8 Å². The number of hydrogen-bond acceptors (Lipinski definition) is 5. The number of carbonyl (C=O) groups is 2. The van der Waals surface area contributed by atoms with E-state index in [0.29, 0.717) is 34.2 Å². The van der Waals surface area contributed by atoms with Gasteiger partial charge in [-0.2, -0.15) is 0 Å². The van der Waals surface area contributed by atoms with Crippen LogP contribution < -0.4 is 10.5 Å². The minimum Gasteiger partial charge on any atom is -0.465 e. The van der Waals surface area contributed by atoms with Gasteiger partial charge < -0.3 is 15.6 Å². The molecular weight excluding hydrogens is 432 g/mol. The fourth-order valence-corrected chi connectivity index (χ4v) is 4.14. The molecule has 8 nitrogen and oxygen atoms in total. The zero-order valence-corrected chi connectivity index (χ0v) is 19.2. The predicted octanol–water partition coefficient (Wildman–Crippen LogP) is 4.83. The largest absolute Gasteiger partial charge is 0.465 e. The van der Waals surface area contributed by atoms with Crippen molar-refractivity contribution in [1.29, 1.82) is 0 Å². The number of aromatic nitrogens is 2. The van der Waals surface area contributed by atoms with Crippen LogP contribution in [0.2, 0.25) is 0 Å². The maximum atomic E-state index is 12.1. The lowest BCUT2D eigenvalue weighted by Gasteiger charge is -2.35. The third-order valence-electron chi connectivity index (χ3n) is 5.60. The highest BCUT2D eigenvalue weighted by atomic mass is 16.5. The van der Waals surface area contributed by atoms with Crippen LogP contribution in [-0.4, -0.2) is 44.6 Å². The number of nitrogens with two attached hydrogens (primary N) is 1. The molecule has 0 fully saturated rings. The first-order valence-electron chi connectivity index (χ1n) is 10.9. The summed E-state index contributed by atoms with van der Waals surface area (Å²) in [6.45, 7) is 6.15. The monoisotopic (exact) mass is 458 g/mol. The van der Waals surface area contributed by atoms with Crippen LogP contribution in [0.25, 0.3) is 16.8 Å². The van der Waals surface area contributed by atoms with Crippen LogP contribution in [0.3, 0.4) is 0 Å². The van der Waals surface area contributed by atoms with Gasteiger partial charge in [0.25, 0.3) is 5.91 Å². The van der Waals surface area contributed by atoms with E-state index in [4.69, 9.17) is 10.5 Å². The number of ether oxygens (including phenoxy) is 1. The fourth-order valence-electron chi connectivity index (χ4n) is 4.14. The van der Waals surface area contributed by atoms with E-state index in [1.54, 1.807) is 24.3 Å². The van der Waals surface area contributed by atoms with E-state index in [1.165, 1.54) is 11.1 Å². The number of para-hydroxylation sites is 1. The highest BCUT2D eigenvalue weighted by Crippen LogP contribution is 2.38. The zero-order valence-electron chi connectivity index (χ0n) is 19.2. The van der Waals surface area contributed by atoms with Gasteiger partial charge in [-0.15, -0.1) is 0 Å². The van der Waals surface area contributed by atoms with Crippen molar-refractivity contribution in [2.45, 2.75) is 26.8 Å². The van der Waals surface area contributed by atoms with E-state index in [-0.39, 0.29) is 17.5 Å². The quantitative estimate of drug-likeness (QED) is 0.565. The van der Waals surface area contributed by atoms with E-state index < -0.39 is 18.0 Å². The number of hydrogen-bond donors (Lipinski definition) is 2. The average molecular weight is 459 g/mol. The summed E-state index contributed by atoms with van der Waals surface area (Å²) in [5.74, 6) is 1.06. The number of carbonyl (C=O) groups excluding carboxylic acids is 1. The third-order valence-corrected chi connectivity index (χ3v) is 5.60. The van der Waals surface area contributed by atoms with Crippen molar-refractivity contribution in [3.8, 4) is 22.8 Å². The molecule has 8 heteroatoms. The Labute approximate surface area is 197 Å². The number of amides is 2. The summed E-state index contributed by atoms with van der Waals surface area (Å²) in [5, 5.41) is 9.67. The normalized spacial score (nSPS) is 15.7. The number of primary amides is 1. The molecular formula is C26H26N4O4. The van der Waals surface area contributed by atoms with E-state index >= 15 is 0 Å². The summed E-state index contributed by atoms with van der Waals surface area (Å²) in [4.78, 5) is 34.3. The Balaban J connectivity index is 1.71. The Hall–Kier alpha value is -4.20. The first-order valence-corrected chi connectivity index (χ1v) is 10.9. The standard InChI is InChI=1S/C26H26N4O4/c1-26(2,3)22-19(13-14-30(22)25(32)33)24-28-15-20(23(27)31)21(29-24)16-9-11-18(12-10-16)34-17-7-5-4-6-8-17/h4-13,15,22H,14H2,1-3H3,(H2,27,31)(H,32,33). The van der Waals surface area contributed by atoms with Crippen LogP contribution >= 0.6 is 0 Å². The van der Waals surface area contributed by atoms with Crippen molar-refractivity contribution in [2.24, 2.45) is 11.1 Å². The summed E-state index contributed by atoms with van der Waals surface area (Å²) in [5.41, 5.74) is 7.15. The van der Waals surface area contributed by atoms with Crippen LogP contribution in [0, 0.1) is 5.41 Å². The first-order chi connectivity index (χ1) is 16.1. The van der Waals surface area contributed by atoms with Crippen LogP contribution in [0.5, 0.6) is 11.5 Å². The van der Waals surface area contributed by atoms with Gasteiger partial charge in [0.1, 0.15) is 11.5 Å². The molecule has 4 rings (SSSR count). The molecule has 2 heterocycles. The first kappa shape index (κ1) is 23.0. The van der Waals surface area contributed by atoms with E-state index in [2.05, 4.69) is 9.97 Å². The molecule has 2 amide bonds. The van der Waals surface area contributed by atoms with Gasteiger partial charge in [0.2, 0.25) is 0 Å². The van der Waals surface area contributed by atoms with Crippen LogP contribution in [0.15, 0.2) is 66.9 Å². The smallest absolute Gasteiger partial charge is 0.408 e. The molecule has 1 aliphatic rings. The highest BCUT2D eigenvalue weighted by Gasteiger charge is 2.41. The molecule has 0 saturated carbocycles.